The third kappa shape index (κ3) is 7.27. The third-order valence-corrected chi connectivity index (χ3v) is 8.96. The second-order valence-corrected chi connectivity index (χ2v) is 13.4. The average Bonchev–Trinajstić information content (AvgIpc) is 2.97. The maximum Gasteiger partial charge on any atom is 0.416 e. The van der Waals surface area contributed by atoms with Crippen molar-refractivity contribution >= 4 is 11.5 Å². The molecule has 5 rings (SSSR count). The molecule has 3 heterocycles. The van der Waals surface area contributed by atoms with Crippen molar-refractivity contribution in [1.29, 1.82) is 0 Å². The van der Waals surface area contributed by atoms with Gasteiger partial charge in [-0.2, -0.15) is 13.2 Å². The second kappa shape index (κ2) is 12.9. The number of ether oxygens (including phenoxy) is 2. The van der Waals surface area contributed by atoms with Crippen LogP contribution in [-0.2, 0) is 39.8 Å². The van der Waals surface area contributed by atoms with Gasteiger partial charge in [-0.25, -0.2) is 9.18 Å². The Morgan fingerprint density at radius 3 is 2.69 bits per heavy atom. The number of carboxylic acid groups (broad SMARTS) is 1. The Bertz CT molecular complexity index is 1510. The highest BCUT2D eigenvalue weighted by molar-refractivity contribution is 5.83. The fraction of sp³-hybridized carbons (Fsp3) is 0.543. The molecule has 2 unspecified atom stereocenters. The number of carbonyl (C=O) groups is 1. The maximum atomic E-state index is 15.7. The van der Waals surface area contributed by atoms with Crippen LogP contribution >= 0.6 is 0 Å². The van der Waals surface area contributed by atoms with E-state index in [1.807, 2.05) is 6.92 Å². The number of aliphatic carboxylic acids is 1. The largest absolute Gasteiger partial charge is 0.495 e. The summed E-state index contributed by atoms with van der Waals surface area (Å²) in [6.45, 7) is 11.5. The van der Waals surface area contributed by atoms with Crippen LogP contribution in [0, 0.1) is 18.8 Å². The van der Waals surface area contributed by atoms with Gasteiger partial charge in [0, 0.05) is 42.4 Å². The lowest BCUT2D eigenvalue weighted by atomic mass is 9.73. The van der Waals surface area contributed by atoms with Gasteiger partial charge in [-0.1, -0.05) is 25.1 Å². The molecule has 3 atom stereocenters. The van der Waals surface area contributed by atoms with E-state index in [0.29, 0.717) is 73.6 Å². The van der Waals surface area contributed by atoms with Crippen LogP contribution in [0.2, 0.25) is 0 Å². The molecule has 0 bridgehead atoms. The van der Waals surface area contributed by atoms with Crippen LogP contribution < -0.4 is 0 Å². The van der Waals surface area contributed by atoms with E-state index in [2.05, 4.69) is 4.90 Å². The highest BCUT2D eigenvalue weighted by Crippen LogP contribution is 2.48. The highest BCUT2D eigenvalue weighted by atomic mass is 19.4. The molecule has 3 aliphatic rings. The Labute approximate surface area is 262 Å². The lowest BCUT2D eigenvalue weighted by molar-refractivity contribution is -0.160. The summed E-state index contributed by atoms with van der Waals surface area (Å²) < 4.78 is 67.2. The van der Waals surface area contributed by atoms with Crippen molar-refractivity contribution < 1.29 is 36.9 Å². The number of allylic oxidation sites excluding steroid dienone is 4. The zero-order valence-corrected chi connectivity index (χ0v) is 26.6. The minimum absolute atomic E-state index is 0.134. The number of halogens is 4. The van der Waals surface area contributed by atoms with Gasteiger partial charge < -0.3 is 14.6 Å². The molecular weight excluding hydrogens is 588 g/mol. The van der Waals surface area contributed by atoms with Gasteiger partial charge in [-0.15, -0.1) is 0 Å². The topological polar surface area (TPSA) is 71.9 Å². The van der Waals surface area contributed by atoms with E-state index in [4.69, 9.17) is 14.5 Å². The molecule has 1 aromatic heterocycles. The van der Waals surface area contributed by atoms with E-state index in [1.165, 1.54) is 18.2 Å². The molecule has 1 saturated heterocycles. The molecule has 0 saturated carbocycles. The first-order valence-electron chi connectivity index (χ1n) is 15.7. The number of aromatic nitrogens is 1. The zero-order chi connectivity index (χ0) is 32.7. The minimum atomic E-state index is -4.39. The summed E-state index contributed by atoms with van der Waals surface area (Å²) in [5.74, 6) is -1.50. The summed E-state index contributed by atoms with van der Waals surface area (Å²) >= 11 is 0. The summed E-state index contributed by atoms with van der Waals surface area (Å²) in [6, 6.07) is 5.42. The van der Waals surface area contributed by atoms with Crippen LogP contribution in [0.15, 0.2) is 41.9 Å². The van der Waals surface area contributed by atoms with Crippen molar-refractivity contribution in [1.82, 2.24) is 9.88 Å². The van der Waals surface area contributed by atoms with Crippen molar-refractivity contribution in [3.05, 3.63) is 81.1 Å². The predicted octanol–water partition coefficient (Wildman–Crippen LogP) is 7.98. The molecule has 2 aromatic rings. The Hall–Kier alpha value is -3.24. The van der Waals surface area contributed by atoms with Crippen LogP contribution in [0.25, 0.3) is 5.57 Å². The van der Waals surface area contributed by atoms with Gasteiger partial charge >= 0.3 is 12.1 Å². The molecule has 45 heavy (non-hydrogen) atoms. The number of benzene rings is 1. The monoisotopic (exact) mass is 630 g/mol. The fourth-order valence-electron chi connectivity index (χ4n) is 6.90. The molecule has 0 amide bonds. The van der Waals surface area contributed by atoms with Crippen LogP contribution in [-0.4, -0.2) is 46.3 Å². The van der Waals surface area contributed by atoms with Crippen LogP contribution in [0.3, 0.4) is 0 Å². The molecule has 0 radical (unpaired) electrons. The molecule has 1 aliphatic carbocycles. The van der Waals surface area contributed by atoms with Gasteiger partial charge in [0.15, 0.2) is 11.9 Å². The first kappa shape index (κ1) is 33.1. The molecule has 0 spiro atoms. The summed E-state index contributed by atoms with van der Waals surface area (Å²) in [5, 5.41) is 10.4. The number of fused-ring (bicyclic) bond motifs is 2. The first-order chi connectivity index (χ1) is 21.1. The normalized spacial score (nSPS) is 21.5. The molecule has 2 aliphatic heterocycles. The van der Waals surface area contributed by atoms with Gasteiger partial charge in [0.25, 0.3) is 0 Å². The van der Waals surface area contributed by atoms with Gasteiger partial charge in [0.2, 0.25) is 0 Å². The van der Waals surface area contributed by atoms with Crippen LogP contribution in [0.5, 0.6) is 0 Å². The van der Waals surface area contributed by atoms with E-state index < -0.39 is 35.2 Å². The van der Waals surface area contributed by atoms with E-state index >= 15 is 4.39 Å². The van der Waals surface area contributed by atoms with Crippen molar-refractivity contribution in [3.8, 4) is 0 Å². The summed E-state index contributed by atoms with van der Waals surface area (Å²) in [5.41, 5.74) is 3.29. The zero-order valence-electron chi connectivity index (χ0n) is 26.6. The molecular formula is C35H42F4N2O4. The SMILES string of the molecule is Cc1nc2c(c(C3=CC(F)=C4OCCCC4C3C)c1[C@H](OC(C)(C)C)C(=O)O)CN(CCCc1cccc(C(F)(F)F)c1)CC2. The van der Waals surface area contributed by atoms with E-state index in [9.17, 15) is 23.1 Å². The van der Waals surface area contributed by atoms with Gasteiger partial charge in [-0.05, 0) is 100 Å². The van der Waals surface area contributed by atoms with Gasteiger partial charge in [-0.3, -0.25) is 9.88 Å². The van der Waals surface area contributed by atoms with Crippen molar-refractivity contribution in [3.63, 3.8) is 0 Å². The lowest BCUT2D eigenvalue weighted by Crippen LogP contribution is -2.36. The van der Waals surface area contributed by atoms with E-state index in [-0.39, 0.29) is 11.8 Å². The molecule has 1 N–H and O–H groups in total. The van der Waals surface area contributed by atoms with Crippen molar-refractivity contribution in [2.45, 2.75) is 91.1 Å². The molecule has 6 nitrogen and oxygen atoms in total. The molecule has 10 heteroatoms. The second-order valence-electron chi connectivity index (χ2n) is 13.4. The smallest absolute Gasteiger partial charge is 0.416 e. The predicted molar refractivity (Wildman–Crippen MR) is 163 cm³/mol. The Kier molecular flexibility index (Phi) is 9.48. The number of rotatable bonds is 8. The number of aryl methyl sites for hydroxylation is 2. The van der Waals surface area contributed by atoms with E-state index in [1.54, 1.807) is 33.8 Å². The van der Waals surface area contributed by atoms with E-state index in [0.717, 1.165) is 35.7 Å². The fourth-order valence-corrected chi connectivity index (χ4v) is 6.90. The number of hydrogen-bond acceptors (Lipinski definition) is 5. The molecule has 1 fully saturated rings. The molecule has 1 aromatic carbocycles. The van der Waals surface area contributed by atoms with Crippen molar-refractivity contribution in [2.75, 3.05) is 19.7 Å². The quantitative estimate of drug-likeness (QED) is 0.298. The van der Waals surface area contributed by atoms with Crippen LogP contribution in [0.1, 0.15) is 92.3 Å². The lowest BCUT2D eigenvalue weighted by Gasteiger charge is -2.39. The van der Waals surface area contributed by atoms with Gasteiger partial charge in [0.05, 0.1) is 17.8 Å². The highest BCUT2D eigenvalue weighted by Gasteiger charge is 2.40. The Balaban J connectivity index is 1.52. The number of pyridine rings is 1. The number of alkyl halides is 3. The summed E-state index contributed by atoms with van der Waals surface area (Å²) in [7, 11) is 0. The minimum Gasteiger partial charge on any atom is -0.495 e. The number of carboxylic acids is 1. The summed E-state index contributed by atoms with van der Waals surface area (Å²) in [4.78, 5) is 19.9. The first-order valence-corrected chi connectivity index (χ1v) is 15.7. The van der Waals surface area contributed by atoms with Crippen molar-refractivity contribution in [2.24, 2.45) is 11.8 Å². The number of hydrogen-bond donors (Lipinski definition) is 1. The summed E-state index contributed by atoms with van der Waals surface area (Å²) in [6.07, 6.45) is -0.886. The van der Waals surface area contributed by atoms with Gasteiger partial charge in [0.1, 0.15) is 5.76 Å². The van der Waals surface area contributed by atoms with Crippen LogP contribution in [0.4, 0.5) is 17.6 Å². The third-order valence-electron chi connectivity index (χ3n) is 8.96. The number of nitrogens with zero attached hydrogens (tertiary/aromatic N) is 2. The Morgan fingerprint density at radius 2 is 2.00 bits per heavy atom. The Morgan fingerprint density at radius 1 is 1.24 bits per heavy atom. The maximum absolute atomic E-state index is 15.7. The average molecular weight is 631 g/mol. The standard InChI is InChI=1S/C35H42F4N2O4/c1-20-24-12-8-16-44-31(24)27(36)18-25(20)30-26-19-41(14-7-10-22-9-6-11-23(17-22)35(37,38)39)15-13-28(26)40-21(2)29(30)32(33(42)43)45-34(3,4)5/h6,9,11,17-18,20,24,32H,7-8,10,12-16,19H2,1-5H3,(H,42,43)/t20?,24?,32-/m0/s1. The molecule has 244 valence electrons.